The molecule has 0 spiro atoms. The molecule has 2 rings (SSSR count). The number of carboxylic acids is 1. The summed E-state index contributed by atoms with van der Waals surface area (Å²) in [4.78, 5) is 21.6. The molecule has 6 heteroatoms. The second-order valence-corrected chi connectivity index (χ2v) is 4.01. The fraction of sp³-hybridized carbons (Fsp3) is 0.0714. The molecule has 1 aromatic carbocycles. The molecule has 0 aliphatic rings. The minimum atomic E-state index is -0.995. The van der Waals surface area contributed by atoms with Crippen molar-refractivity contribution in [3.05, 3.63) is 47.7 Å². The fourth-order valence-electron chi connectivity index (χ4n) is 1.57. The zero-order chi connectivity index (χ0) is 14.5. The molecular formula is C14H12N2O4. The first-order chi connectivity index (χ1) is 9.56. The predicted octanol–water partition coefficient (Wildman–Crippen LogP) is 2.11. The van der Waals surface area contributed by atoms with Crippen LogP contribution in [0.4, 0.5) is 0 Å². The third-order valence-electron chi connectivity index (χ3n) is 2.43. The molecule has 0 aliphatic heterocycles. The lowest BCUT2D eigenvalue weighted by Gasteiger charge is -1.98. The van der Waals surface area contributed by atoms with Gasteiger partial charge in [-0.2, -0.15) is 5.10 Å². The molecule has 0 aliphatic carbocycles. The summed E-state index contributed by atoms with van der Waals surface area (Å²) >= 11 is 0. The van der Waals surface area contributed by atoms with Gasteiger partial charge < -0.3 is 9.52 Å². The van der Waals surface area contributed by atoms with Crippen LogP contribution in [0.1, 0.15) is 23.0 Å². The van der Waals surface area contributed by atoms with Gasteiger partial charge in [-0.3, -0.25) is 4.79 Å². The second-order valence-electron chi connectivity index (χ2n) is 4.01. The lowest BCUT2D eigenvalue weighted by Crippen LogP contribution is -2.12. The van der Waals surface area contributed by atoms with E-state index in [1.165, 1.54) is 25.3 Å². The highest BCUT2D eigenvalue weighted by Crippen LogP contribution is 2.22. The van der Waals surface area contributed by atoms with Gasteiger partial charge >= 0.3 is 5.97 Å². The largest absolute Gasteiger partial charge is 0.478 e. The molecule has 1 heterocycles. The molecule has 1 amide bonds. The Hall–Kier alpha value is -2.89. The van der Waals surface area contributed by atoms with Crippen LogP contribution in [0.15, 0.2) is 45.9 Å². The van der Waals surface area contributed by atoms with Crippen LogP contribution in [-0.2, 0) is 4.79 Å². The summed E-state index contributed by atoms with van der Waals surface area (Å²) in [7, 11) is 0. The number of hydrogen-bond acceptors (Lipinski definition) is 4. The van der Waals surface area contributed by atoms with Crippen molar-refractivity contribution in [3.8, 4) is 11.3 Å². The monoisotopic (exact) mass is 272 g/mol. The van der Waals surface area contributed by atoms with E-state index in [2.05, 4.69) is 10.5 Å². The van der Waals surface area contributed by atoms with E-state index in [0.717, 1.165) is 0 Å². The molecule has 0 saturated carbocycles. The SMILES string of the molecule is CC(=O)N/N=C\c1ccc(-c2cccc(C(=O)O)c2)o1. The first kappa shape index (κ1) is 13.5. The molecule has 1 aromatic heterocycles. The van der Waals surface area contributed by atoms with E-state index >= 15 is 0 Å². The molecule has 0 radical (unpaired) electrons. The van der Waals surface area contributed by atoms with Crippen molar-refractivity contribution < 1.29 is 19.1 Å². The molecule has 0 unspecified atom stereocenters. The Labute approximate surface area is 114 Å². The zero-order valence-electron chi connectivity index (χ0n) is 10.7. The third kappa shape index (κ3) is 3.32. The first-order valence-corrected chi connectivity index (χ1v) is 5.79. The standard InChI is InChI=1S/C14H12N2O4/c1-9(17)16-15-8-12-5-6-13(20-12)10-3-2-4-11(7-10)14(18)19/h2-8H,1H3,(H,16,17)(H,18,19)/b15-8-. The number of carbonyl (C=O) groups excluding carboxylic acids is 1. The van der Waals surface area contributed by atoms with Crippen molar-refractivity contribution in [2.75, 3.05) is 0 Å². The number of nitrogens with one attached hydrogen (secondary N) is 1. The fourth-order valence-corrected chi connectivity index (χ4v) is 1.57. The summed E-state index contributed by atoms with van der Waals surface area (Å²) in [5.41, 5.74) is 3.10. The summed E-state index contributed by atoms with van der Waals surface area (Å²) < 4.78 is 5.49. The van der Waals surface area contributed by atoms with Crippen LogP contribution in [0.5, 0.6) is 0 Å². The lowest BCUT2D eigenvalue weighted by atomic mass is 10.1. The molecule has 2 N–H and O–H groups in total. The Kier molecular flexibility index (Phi) is 3.95. The minimum absolute atomic E-state index is 0.187. The van der Waals surface area contributed by atoms with Crippen LogP contribution in [-0.4, -0.2) is 23.2 Å². The van der Waals surface area contributed by atoms with Crippen LogP contribution in [0, 0.1) is 0 Å². The molecule has 2 aromatic rings. The number of carboxylic acid groups (broad SMARTS) is 1. The Morgan fingerprint density at radius 1 is 1.30 bits per heavy atom. The second kappa shape index (κ2) is 5.83. The van der Waals surface area contributed by atoms with Crippen molar-refractivity contribution >= 4 is 18.1 Å². The smallest absolute Gasteiger partial charge is 0.335 e. The van der Waals surface area contributed by atoms with Crippen molar-refractivity contribution in [3.63, 3.8) is 0 Å². The van der Waals surface area contributed by atoms with Crippen molar-refractivity contribution in [1.29, 1.82) is 0 Å². The molecule has 0 atom stereocenters. The number of nitrogens with zero attached hydrogens (tertiary/aromatic N) is 1. The third-order valence-corrected chi connectivity index (χ3v) is 2.43. The highest BCUT2D eigenvalue weighted by molar-refractivity contribution is 5.89. The highest BCUT2D eigenvalue weighted by Gasteiger charge is 2.07. The van der Waals surface area contributed by atoms with Crippen LogP contribution in [0.2, 0.25) is 0 Å². The Bertz CT molecular complexity index is 673. The van der Waals surface area contributed by atoms with E-state index in [9.17, 15) is 9.59 Å². The van der Waals surface area contributed by atoms with Gasteiger partial charge in [-0.05, 0) is 24.3 Å². The molecule has 6 nitrogen and oxygen atoms in total. The summed E-state index contributed by atoms with van der Waals surface area (Å²) in [5.74, 6) is -0.292. The maximum Gasteiger partial charge on any atom is 0.335 e. The number of aromatic carboxylic acids is 1. The molecular weight excluding hydrogens is 260 g/mol. The maximum absolute atomic E-state index is 10.9. The summed E-state index contributed by atoms with van der Waals surface area (Å²) in [5, 5.41) is 12.6. The number of amides is 1. The topological polar surface area (TPSA) is 91.9 Å². The van der Waals surface area contributed by atoms with Crippen LogP contribution in [0.25, 0.3) is 11.3 Å². The number of benzene rings is 1. The molecule has 0 bridgehead atoms. The molecule has 0 fully saturated rings. The average molecular weight is 272 g/mol. The van der Waals surface area contributed by atoms with Gasteiger partial charge in [0.2, 0.25) is 5.91 Å². The highest BCUT2D eigenvalue weighted by atomic mass is 16.4. The summed E-state index contributed by atoms with van der Waals surface area (Å²) in [6, 6.07) is 9.81. The number of rotatable bonds is 4. The molecule has 102 valence electrons. The minimum Gasteiger partial charge on any atom is -0.478 e. The van der Waals surface area contributed by atoms with Crippen LogP contribution in [0.3, 0.4) is 0 Å². The van der Waals surface area contributed by atoms with E-state index in [1.807, 2.05) is 0 Å². The van der Waals surface area contributed by atoms with Crippen molar-refractivity contribution in [2.24, 2.45) is 5.10 Å². The lowest BCUT2D eigenvalue weighted by molar-refractivity contribution is -0.118. The number of furan rings is 1. The van der Waals surface area contributed by atoms with Gasteiger partial charge in [0, 0.05) is 12.5 Å². The van der Waals surface area contributed by atoms with E-state index in [1.54, 1.807) is 24.3 Å². The van der Waals surface area contributed by atoms with Gasteiger partial charge in [0.15, 0.2) is 0 Å². The molecule has 20 heavy (non-hydrogen) atoms. The van der Waals surface area contributed by atoms with Gasteiger partial charge in [0.25, 0.3) is 0 Å². The Morgan fingerprint density at radius 3 is 2.80 bits per heavy atom. The van der Waals surface area contributed by atoms with Crippen molar-refractivity contribution in [1.82, 2.24) is 5.43 Å². The van der Waals surface area contributed by atoms with Crippen molar-refractivity contribution in [2.45, 2.75) is 6.92 Å². The average Bonchev–Trinajstić information content (AvgIpc) is 2.87. The van der Waals surface area contributed by atoms with Gasteiger partial charge in [-0.15, -0.1) is 0 Å². The van der Waals surface area contributed by atoms with Gasteiger partial charge in [0.05, 0.1) is 11.8 Å². The van der Waals surface area contributed by atoms with Crippen LogP contribution < -0.4 is 5.43 Å². The van der Waals surface area contributed by atoms with E-state index in [4.69, 9.17) is 9.52 Å². The summed E-state index contributed by atoms with van der Waals surface area (Å²) in [6.07, 6.45) is 1.37. The van der Waals surface area contributed by atoms with Gasteiger partial charge in [-0.1, -0.05) is 12.1 Å². The number of hydrogen-bond donors (Lipinski definition) is 2. The Morgan fingerprint density at radius 2 is 2.10 bits per heavy atom. The molecule has 0 saturated heterocycles. The summed E-state index contributed by atoms with van der Waals surface area (Å²) in [6.45, 7) is 1.35. The maximum atomic E-state index is 10.9. The van der Waals surface area contributed by atoms with Gasteiger partial charge in [0.1, 0.15) is 11.5 Å². The Balaban J connectivity index is 2.20. The van der Waals surface area contributed by atoms with E-state index in [-0.39, 0.29) is 11.5 Å². The van der Waals surface area contributed by atoms with Gasteiger partial charge in [-0.25, -0.2) is 10.2 Å². The number of carbonyl (C=O) groups is 2. The predicted molar refractivity (Wildman–Crippen MR) is 72.5 cm³/mol. The zero-order valence-corrected chi connectivity index (χ0v) is 10.7. The van der Waals surface area contributed by atoms with Crippen LogP contribution >= 0.6 is 0 Å². The van der Waals surface area contributed by atoms with E-state index < -0.39 is 5.97 Å². The quantitative estimate of drug-likeness (QED) is 0.658. The first-order valence-electron chi connectivity index (χ1n) is 5.79. The van der Waals surface area contributed by atoms with E-state index in [0.29, 0.717) is 17.1 Å². The normalized spacial score (nSPS) is 10.7. The number of hydrazone groups is 1.